The van der Waals surface area contributed by atoms with Gasteiger partial charge in [0.05, 0.1) is 6.61 Å². The van der Waals surface area contributed by atoms with Crippen LogP contribution in [-0.4, -0.2) is 7.11 Å². The minimum atomic E-state index is -0.194. The maximum absolute atomic E-state index is 13.2. The van der Waals surface area contributed by atoms with Crippen molar-refractivity contribution in [2.24, 2.45) is 0 Å². The summed E-state index contributed by atoms with van der Waals surface area (Å²) in [4.78, 5) is 0. The van der Waals surface area contributed by atoms with Crippen LogP contribution < -0.4 is 5.32 Å². The number of ether oxygens (including phenoxy) is 1. The largest absolute Gasteiger partial charge is 0.380 e. The first-order chi connectivity index (χ1) is 9.69. The van der Waals surface area contributed by atoms with Crippen molar-refractivity contribution in [2.75, 3.05) is 7.11 Å². The van der Waals surface area contributed by atoms with Gasteiger partial charge in [-0.3, -0.25) is 0 Å². The van der Waals surface area contributed by atoms with Gasteiger partial charge >= 0.3 is 0 Å². The average Bonchev–Trinajstić information content (AvgIpc) is 2.46. The van der Waals surface area contributed by atoms with Crippen molar-refractivity contribution in [1.29, 1.82) is 0 Å². The second-order valence-electron chi connectivity index (χ2n) is 4.91. The summed E-state index contributed by atoms with van der Waals surface area (Å²) in [6.07, 6.45) is 0. The molecule has 3 heteroatoms. The third-order valence-electron chi connectivity index (χ3n) is 3.30. The predicted molar refractivity (Wildman–Crippen MR) is 78.8 cm³/mol. The van der Waals surface area contributed by atoms with E-state index in [-0.39, 0.29) is 11.9 Å². The van der Waals surface area contributed by atoms with E-state index < -0.39 is 0 Å². The fourth-order valence-electron chi connectivity index (χ4n) is 2.08. The van der Waals surface area contributed by atoms with Crippen LogP contribution in [0.3, 0.4) is 0 Å². The molecule has 0 fully saturated rings. The quantitative estimate of drug-likeness (QED) is 0.864. The molecule has 2 nitrogen and oxygen atoms in total. The average molecular weight is 273 g/mol. The summed E-state index contributed by atoms with van der Waals surface area (Å²) in [5.74, 6) is -0.194. The third kappa shape index (κ3) is 4.15. The van der Waals surface area contributed by atoms with Crippen molar-refractivity contribution in [3.8, 4) is 0 Å². The molecule has 106 valence electrons. The van der Waals surface area contributed by atoms with Gasteiger partial charge in [0.25, 0.3) is 0 Å². The zero-order valence-corrected chi connectivity index (χ0v) is 11.9. The monoisotopic (exact) mass is 273 g/mol. The zero-order valence-electron chi connectivity index (χ0n) is 11.9. The molecule has 1 N–H and O–H groups in total. The van der Waals surface area contributed by atoms with Crippen molar-refractivity contribution < 1.29 is 9.13 Å². The van der Waals surface area contributed by atoms with Gasteiger partial charge in [-0.05, 0) is 35.7 Å². The van der Waals surface area contributed by atoms with E-state index in [2.05, 4.69) is 29.6 Å². The van der Waals surface area contributed by atoms with E-state index in [9.17, 15) is 4.39 Å². The summed E-state index contributed by atoms with van der Waals surface area (Å²) < 4.78 is 18.3. The highest BCUT2D eigenvalue weighted by Crippen LogP contribution is 2.14. The van der Waals surface area contributed by atoms with Gasteiger partial charge in [0.2, 0.25) is 0 Å². The van der Waals surface area contributed by atoms with Crippen molar-refractivity contribution in [3.63, 3.8) is 0 Å². The maximum atomic E-state index is 13.2. The Morgan fingerprint density at radius 2 is 1.80 bits per heavy atom. The van der Waals surface area contributed by atoms with Crippen molar-refractivity contribution in [3.05, 3.63) is 71.0 Å². The molecule has 0 aliphatic rings. The van der Waals surface area contributed by atoms with Crippen LogP contribution in [0.25, 0.3) is 0 Å². The van der Waals surface area contributed by atoms with E-state index in [1.54, 1.807) is 19.2 Å². The van der Waals surface area contributed by atoms with Crippen molar-refractivity contribution in [2.45, 2.75) is 26.1 Å². The number of benzene rings is 2. The normalized spacial score (nSPS) is 12.3. The lowest BCUT2D eigenvalue weighted by atomic mass is 10.1. The molecule has 0 spiro atoms. The van der Waals surface area contributed by atoms with Gasteiger partial charge < -0.3 is 10.1 Å². The predicted octanol–water partition coefficient (Wildman–Crippen LogP) is 3.82. The first-order valence-corrected chi connectivity index (χ1v) is 6.74. The first-order valence-electron chi connectivity index (χ1n) is 6.74. The number of hydrogen-bond acceptors (Lipinski definition) is 2. The summed E-state index contributed by atoms with van der Waals surface area (Å²) in [6.45, 7) is 3.42. The van der Waals surface area contributed by atoms with E-state index in [4.69, 9.17) is 4.74 Å². The Morgan fingerprint density at radius 3 is 2.45 bits per heavy atom. The van der Waals surface area contributed by atoms with E-state index in [1.165, 1.54) is 11.6 Å². The van der Waals surface area contributed by atoms with Gasteiger partial charge in [-0.15, -0.1) is 0 Å². The fourth-order valence-corrected chi connectivity index (χ4v) is 2.08. The van der Waals surface area contributed by atoms with E-state index in [0.717, 1.165) is 17.7 Å². The summed E-state index contributed by atoms with van der Waals surface area (Å²) in [5.41, 5.74) is 3.32. The molecule has 0 saturated heterocycles. The Labute approximate surface area is 119 Å². The number of methoxy groups -OCH3 is 1. The second-order valence-corrected chi connectivity index (χ2v) is 4.91. The Bertz CT molecular complexity index is 539. The van der Waals surface area contributed by atoms with Gasteiger partial charge in [0.15, 0.2) is 0 Å². The molecule has 2 aromatic rings. The Balaban J connectivity index is 1.91. The van der Waals surface area contributed by atoms with Crippen LogP contribution in [0.15, 0.2) is 48.5 Å². The van der Waals surface area contributed by atoms with Gasteiger partial charge in [-0.2, -0.15) is 0 Å². The molecule has 0 heterocycles. The topological polar surface area (TPSA) is 21.3 Å². The lowest BCUT2D eigenvalue weighted by Crippen LogP contribution is -2.18. The van der Waals surface area contributed by atoms with Crippen LogP contribution in [0, 0.1) is 5.82 Å². The molecule has 20 heavy (non-hydrogen) atoms. The first kappa shape index (κ1) is 14.7. The highest BCUT2D eigenvalue weighted by molar-refractivity contribution is 5.23. The molecular weight excluding hydrogens is 253 g/mol. The molecular formula is C17H20FNO. The Hall–Kier alpha value is -1.71. The number of hydrogen-bond donors (Lipinski definition) is 1. The summed E-state index contributed by atoms with van der Waals surface area (Å²) in [7, 11) is 1.69. The van der Waals surface area contributed by atoms with Crippen LogP contribution in [0.1, 0.15) is 29.7 Å². The second kappa shape index (κ2) is 7.17. The van der Waals surface area contributed by atoms with Crippen LogP contribution in [0.5, 0.6) is 0 Å². The van der Waals surface area contributed by atoms with Crippen molar-refractivity contribution in [1.82, 2.24) is 5.32 Å². The Kier molecular flexibility index (Phi) is 5.27. The maximum Gasteiger partial charge on any atom is 0.123 e. The minimum Gasteiger partial charge on any atom is -0.380 e. The van der Waals surface area contributed by atoms with E-state index >= 15 is 0 Å². The van der Waals surface area contributed by atoms with Crippen molar-refractivity contribution >= 4 is 0 Å². The van der Waals surface area contributed by atoms with Crippen LogP contribution in [-0.2, 0) is 17.9 Å². The molecule has 1 atom stereocenters. The lowest BCUT2D eigenvalue weighted by Gasteiger charge is -2.14. The van der Waals surface area contributed by atoms with Gasteiger partial charge in [0.1, 0.15) is 5.82 Å². The molecule has 0 radical (unpaired) electrons. The Morgan fingerprint density at radius 1 is 1.10 bits per heavy atom. The van der Waals surface area contributed by atoms with Crippen LogP contribution in [0.2, 0.25) is 0 Å². The standard InChI is InChI=1S/C17H20FNO/c1-13(16-4-3-5-17(18)10-16)19-11-14-6-8-15(9-7-14)12-20-2/h3-10,13,19H,11-12H2,1-2H3. The number of halogens is 1. The molecule has 0 aliphatic carbocycles. The molecule has 2 aromatic carbocycles. The highest BCUT2D eigenvalue weighted by atomic mass is 19.1. The fraction of sp³-hybridized carbons (Fsp3) is 0.294. The molecule has 0 saturated carbocycles. The number of rotatable bonds is 6. The van der Waals surface area contributed by atoms with Gasteiger partial charge in [0, 0.05) is 19.7 Å². The smallest absolute Gasteiger partial charge is 0.123 e. The SMILES string of the molecule is COCc1ccc(CNC(C)c2cccc(F)c2)cc1. The third-order valence-corrected chi connectivity index (χ3v) is 3.30. The highest BCUT2D eigenvalue weighted by Gasteiger charge is 2.05. The van der Waals surface area contributed by atoms with Crippen LogP contribution >= 0.6 is 0 Å². The molecule has 1 unspecified atom stereocenters. The van der Waals surface area contributed by atoms with E-state index in [0.29, 0.717) is 6.61 Å². The molecule has 0 aliphatic heterocycles. The summed E-state index contributed by atoms with van der Waals surface area (Å²) >= 11 is 0. The summed E-state index contributed by atoms with van der Waals surface area (Å²) in [6, 6.07) is 15.1. The lowest BCUT2D eigenvalue weighted by molar-refractivity contribution is 0.185. The molecule has 0 aromatic heterocycles. The minimum absolute atomic E-state index is 0.115. The number of nitrogens with one attached hydrogen (secondary N) is 1. The molecule has 0 bridgehead atoms. The molecule has 2 rings (SSSR count). The van der Waals surface area contributed by atoms with Gasteiger partial charge in [-0.1, -0.05) is 36.4 Å². The summed E-state index contributed by atoms with van der Waals surface area (Å²) in [5, 5.41) is 3.40. The van der Waals surface area contributed by atoms with Crippen LogP contribution in [0.4, 0.5) is 4.39 Å². The van der Waals surface area contributed by atoms with E-state index in [1.807, 2.05) is 13.0 Å². The zero-order chi connectivity index (χ0) is 14.4. The van der Waals surface area contributed by atoms with Gasteiger partial charge in [-0.25, -0.2) is 4.39 Å². The molecule has 0 amide bonds.